The topological polar surface area (TPSA) is 86.4 Å². The molecule has 3 aromatic rings. The number of hydrogen-bond donors (Lipinski definition) is 1. The number of rotatable bonds is 4. The van der Waals surface area contributed by atoms with Crippen LogP contribution in [0.2, 0.25) is 0 Å². The van der Waals surface area contributed by atoms with Crippen molar-refractivity contribution in [3.63, 3.8) is 0 Å². The van der Waals surface area contributed by atoms with Gasteiger partial charge >= 0.3 is 0 Å². The Morgan fingerprint density at radius 1 is 1.06 bits per heavy atom. The summed E-state index contributed by atoms with van der Waals surface area (Å²) in [6.07, 6.45) is 6.49. The average Bonchev–Trinajstić information content (AvgIpc) is 3.51. The predicted octanol–water partition coefficient (Wildman–Crippen LogP) is 3.08. The van der Waals surface area contributed by atoms with Crippen LogP contribution in [0.1, 0.15) is 30.5 Å². The molecule has 0 saturated carbocycles. The Labute approximate surface area is 195 Å². The van der Waals surface area contributed by atoms with Gasteiger partial charge in [-0.2, -0.15) is 16.4 Å². The number of nitrogens with zero attached hydrogens (tertiary/aromatic N) is 3. The van der Waals surface area contributed by atoms with Gasteiger partial charge in [0.15, 0.2) is 0 Å². The monoisotopic (exact) mass is 462 g/mol. The van der Waals surface area contributed by atoms with E-state index in [1.54, 1.807) is 23.5 Å². The minimum Gasteiger partial charge on any atom is -0.342 e. The molecule has 1 aromatic carbocycles. The molecule has 170 valence electrons. The van der Waals surface area contributed by atoms with E-state index in [9.17, 15) is 14.4 Å². The lowest BCUT2D eigenvalue weighted by molar-refractivity contribution is -0.131. The third-order valence-corrected chi connectivity index (χ3v) is 7.68. The van der Waals surface area contributed by atoms with Crippen LogP contribution < -0.4 is 5.56 Å². The van der Waals surface area contributed by atoms with E-state index in [1.165, 1.54) is 0 Å². The molecule has 8 heteroatoms. The number of carbonyl (C=O) groups excluding carboxylic acids is 2. The fourth-order valence-corrected chi connectivity index (χ4v) is 5.59. The number of aromatic amines is 1. The van der Waals surface area contributed by atoms with Crippen molar-refractivity contribution in [2.75, 3.05) is 26.2 Å². The quantitative estimate of drug-likeness (QED) is 0.604. The molecule has 33 heavy (non-hydrogen) atoms. The van der Waals surface area contributed by atoms with Crippen LogP contribution in [-0.4, -0.2) is 58.0 Å². The van der Waals surface area contributed by atoms with Crippen LogP contribution in [0.4, 0.5) is 0 Å². The van der Waals surface area contributed by atoms with Crippen molar-refractivity contribution in [3.8, 4) is 0 Å². The number of H-pyrrole nitrogens is 1. The van der Waals surface area contributed by atoms with E-state index in [0.717, 1.165) is 56.4 Å². The molecule has 7 nitrogen and oxygen atoms in total. The van der Waals surface area contributed by atoms with Crippen molar-refractivity contribution in [1.29, 1.82) is 0 Å². The Bertz CT molecular complexity index is 1260. The van der Waals surface area contributed by atoms with E-state index in [0.29, 0.717) is 11.1 Å². The van der Waals surface area contributed by atoms with Crippen molar-refractivity contribution in [2.24, 2.45) is 5.41 Å². The lowest BCUT2D eigenvalue weighted by Crippen LogP contribution is -2.44. The van der Waals surface area contributed by atoms with Crippen LogP contribution in [-0.2, 0) is 16.0 Å². The molecule has 4 heterocycles. The van der Waals surface area contributed by atoms with E-state index in [1.807, 2.05) is 50.9 Å². The standard InChI is InChI=1S/C25H26N4O3S/c30-22(6-5-18-7-14-33-16-18)28-11-8-25(9-12-28)10-13-29(17-25)23(31)15-21-19-3-1-2-4-20(19)24(32)27-26-21/h1-7,14,16H,8-13,15,17H2,(H,27,32). The van der Waals surface area contributed by atoms with Gasteiger partial charge in [-0.15, -0.1) is 0 Å². The molecule has 0 bridgehead atoms. The second-order valence-electron chi connectivity index (χ2n) is 9.00. The lowest BCUT2D eigenvalue weighted by atomic mass is 9.78. The fraction of sp³-hybridized carbons (Fsp3) is 0.360. The zero-order valence-corrected chi connectivity index (χ0v) is 19.1. The normalized spacial score (nSPS) is 17.9. The zero-order chi connectivity index (χ0) is 22.8. The van der Waals surface area contributed by atoms with Crippen molar-refractivity contribution in [1.82, 2.24) is 20.0 Å². The Kier molecular flexibility index (Phi) is 5.85. The number of amides is 2. The average molecular weight is 463 g/mol. The molecule has 2 aromatic heterocycles. The Hall–Kier alpha value is -3.26. The Balaban J connectivity index is 1.19. The summed E-state index contributed by atoms with van der Waals surface area (Å²) in [5.41, 5.74) is 1.50. The summed E-state index contributed by atoms with van der Waals surface area (Å²) in [6, 6.07) is 9.25. The van der Waals surface area contributed by atoms with Gasteiger partial charge in [-0.3, -0.25) is 14.4 Å². The summed E-state index contributed by atoms with van der Waals surface area (Å²) in [5.74, 6) is 0.0896. The number of nitrogens with one attached hydrogen (secondary N) is 1. The molecule has 2 aliphatic rings. The summed E-state index contributed by atoms with van der Waals surface area (Å²) in [6.45, 7) is 2.90. The van der Waals surface area contributed by atoms with E-state index in [4.69, 9.17) is 0 Å². The van der Waals surface area contributed by atoms with Gasteiger partial charge < -0.3 is 9.80 Å². The van der Waals surface area contributed by atoms with Crippen molar-refractivity contribution >= 4 is 40.0 Å². The first kappa shape index (κ1) is 21.6. The number of hydrogen-bond acceptors (Lipinski definition) is 5. The first-order chi connectivity index (χ1) is 16.0. The van der Waals surface area contributed by atoms with Crippen LogP contribution in [0.15, 0.2) is 52.0 Å². The maximum Gasteiger partial charge on any atom is 0.272 e. The van der Waals surface area contributed by atoms with Gasteiger partial charge in [0, 0.05) is 37.6 Å². The smallest absolute Gasteiger partial charge is 0.272 e. The van der Waals surface area contributed by atoms with Gasteiger partial charge in [0.05, 0.1) is 17.5 Å². The molecule has 5 rings (SSSR count). The molecule has 2 aliphatic heterocycles. The van der Waals surface area contributed by atoms with Gasteiger partial charge in [0.25, 0.3) is 5.56 Å². The zero-order valence-electron chi connectivity index (χ0n) is 18.3. The van der Waals surface area contributed by atoms with Gasteiger partial charge in [0.1, 0.15) is 0 Å². The first-order valence-electron chi connectivity index (χ1n) is 11.3. The highest BCUT2D eigenvalue weighted by Crippen LogP contribution is 2.40. The SMILES string of the molecule is O=C(C=Cc1ccsc1)N1CCC2(CC1)CCN(C(=O)Cc1n[nH]c(=O)c3ccccc13)C2. The highest BCUT2D eigenvalue weighted by molar-refractivity contribution is 7.08. The van der Waals surface area contributed by atoms with Gasteiger partial charge in [-0.1, -0.05) is 18.2 Å². The van der Waals surface area contributed by atoms with Crippen molar-refractivity contribution < 1.29 is 9.59 Å². The minimum absolute atomic E-state index is 0.0359. The maximum absolute atomic E-state index is 13.1. The molecular formula is C25H26N4O3S. The fourth-order valence-electron chi connectivity index (χ4n) is 4.96. The summed E-state index contributed by atoms with van der Waals surface area (Å²) in [5, 5.41) is 12.0. The number of aromatic nitrogens is 2. The lowest BCUT2D eigenvalue weighted by Gasteiger charge is -2.39. The summed E-state index contributed by atoms with van der Waals surface area (Å²) < 4.78 is 0. The third kappa shape index (κ3) is 4.48. The summed E-state index contributed by atoms with van der Waals surface area (Å²) >= 11 is 1.62. The molecule has 1 N–H and O–H groups in total. The van der Waals surface area contributed by atoms with Crippen LogP contribution >= 0.6 is 11.3 Å². The first-order valence-corrected chi connectivity index (χ1v) is 12.2. The molecule has 0 unspecified atom stereocenters. The second kappa shape index (κ2) is 8.94. The van der Waals surface area contributed by atoms with E-state index >= 15 is 0 Å². The van der Waals surface area contributed by atoms with E-state index in [2.05, 4.69) is 10.2 Å². The predicted molar refractivity (Wildman–Crippen MR) is 129 cm³/mol. The molecule has 2 amide bonds. The highest BCUT2D eigenvalue weighted by atomic mass is 32.1. The summed E-state index contributed by atoms with van der Waals surface area (Å²) in [7, 11) is 0. The Morgan fingerprint density at radius 3 is 2.52 bits per heavy atom. The molecule has 0 atom stereocenters. The molecular weight excluding hydrogens is 436 g/mol. The van der Waals surface area contributed by atoms with E-state index in [-0.39, 0.29) is 29.2 Å². The van der Waals surface area contributed by atoms with Crippen molar-refractivity contribution in [2.45, 2.75) is 25.7 Å². The van der Waals surface area contributed by atoms with Crippen LogP contribution in [0.3, 0.4) is 0 Å². The largest absolute Gasteiger partial charge is 0.342 e. The van der Waals surface area contributed by atoms with Gasteiger partial charge in [-0.25, -0.2) is 5.10 Å². The molecule has 2 fully saturated rings. The van der Waals surface area contributed by atoms with Crippen LogP contribution in [0, 0.1) is 5.41 Å². The summed E-state index contributed by atoms with van der Waals surface area (Å²) in [4.78, 5) is 41.5. The maximum atomic E-state index is 13.1. The number of likely N-dealkylation sites (tertiary alicyclic amines) is 2. The second-order valence-corrected chi connectivity index (χ2v) is 9.78. The molecule has 0 radical (unpaired) electrons. The molecule has 2 saturated heterocycles. The van der Waals surface area contributed by atoms with Crippen LogP contribution in [0.5, 0.6) is 0 Å². The van der Waals surface area contributed by atoms with E-state index < -0.39 is 0 Å². The number of thiophene rings is 1. The molecule has 1 spiro atoms. The number of piperidine rings is 1. The van der Waals surface area contributed by atoms with Gasteiger partial charge in [-0.05, 0) is 59.2 Å². The van der Waals surface area contributed by atoms with Gasteiger partial charge in [0.2, 0.25) is 11.8 Å². The minimum atomic E-state index is -0.242. The number of carbonyl (C=O) groups is 2. The third-order valence-electron chi connectivity index (χ3n) is 6.98. The molecule has 0 aliphatic carbocycles. The Morgan fingerprint density at radius 2 is 1.79 bits per heavy atom. The highest BCUT2D eigenvalue weighted by Gasteiger charge is 2.42. The van der Waals surface area contributed by atoms with Crippen molar-refractivity contribution in [3.05, 3.63) is 68.8 Å². The number of benzene rings is 1. The van der Waals surface area contributed by atoms with Crippen LogP contribution in [0.25, 0.3) is 16.8 Å². The number of fused-ring (bicyclic) bond motifs is 1.